The molecule has 172 valence electrons. The van der Waals surface area contributed by atoms with Crippen LogP contribution in [0.2, 0.25) is 0 Å². The van der Waals surface area contributed by atoms with Crippen LogP contribution in [0.3, 0.4) is 0 Å². The maximum absolute atomic E-state index is 12.6. The van der Waals surface area contributed by atoms with Gasteiger partial charge in [0.25, 0.3) is 10.1 Å². The SMILES string of the molecule is CS(=O)(=O)OCCn1ncc(C(=O)O)c1NC(=O)OCC1c2ccccc2-c2ccccc21. The summed E-state index contributed by atoms with van der Waals surface area (Å²) in [4.78, 5) is 24.1. The molecule has 2 N–H and O–H groups in total. The minimum absolute atomic E-state index is 0.0492. The molecule has 33 heavy (non-hydrogen) atoms. The lowest BCUT2D eigenvalue weighted by molar-refractivity contribution is 0.0698. The van der Waals surface area contributed by atoms with E-state index in [4.69, 9.17) is 4.74 Å². The zero-order chi connectivity index (χ0) is 23.6. The van der Waals surface area contributed by atoms with Gasteiger partial charge in [-0.2, -0.15) is 13.5 Å². The fraction of sp³-hybridized carbons (Fsp3) is 0.227. The van der Waals surface area contributed by atoms with Crippen molar-refractivity contribution in [3.8, 4) is 11.1 Å². The molecule has 1 aromatic heterocycles. The summed E-state index contributed by atoms with van der Waals surface area (Å²) in [7, 11) is -3.68. The molecule has 0 bridgehead atoms. The maximum atomic E-state index is 12.6. The Labute approximate surface area is 189 Å². The number of nitrogens with one attached hydrogen (secondary N) is 1. The van der Waals surface area contributed by atoms with Crippen LogP contribution in [0.1, 0.15) is 27.4 Å². The van der Waals surface area contributed by atoms with Crippen molar-refractivity contribution in [2.75, 3.05) is 24.8 Å². The lowest BCUT2D eigenvalue weighted by Gasteiger charge is -2.15. The molecular weight excluding hydrogens is 450 g/mol. The lowest BCUT2D eigenvalue weighted by atomic mass is 9.98. The van der Waals surface area contributed by atoms with Gasteiger partial charge in [-0.25, -0.2) is 14.3 Å². The zero-order valence-electron chi connectivity index (χ0n) is 17.6. The van der Waals surface area contributed by atoms with Crippen LogP contribution in [0.5, 0.6) is 0 Å². The van der Waals surface area contributed by atoms with E-state index in [1.54, 1.807) is 0 Å². The number of aromatic nitrogens is 2. The van der Waals surface area contributed by atoms with Gasteiger partial charge in [0.2, 0.25) is 0 Å². The normalized spacial score (nSPS) is 12.8. The molecule has 11 heteroatoms. The smallest absolute Gasteiger partial charge is 0.412 e. The summed E-state index contributed by atoms with van der Waals surface area (Å²) in [6.07, 6.45) is 1.10. The molecule has 10 nitrogen and oxygen atoms in total. The highest BCUT2D eigenvalue weighted by molar-refractivity contribution is 7.85. The summed E-state index contributed by atoms with van der Waals surface area (Å²) in [5.41, 5.74) is 3.99. The minimum Gasteiger partial charge on any atom is -0.477 e. The van der Waals surface area contributed by atoms with Crippen LogP contribution < -0.4 is 5.32 Å². The van der Waals surface area contributed by atoms with Crippen LogP contribution in [-0.2, 0) is 25.6 Å². The molecular formula is C22H21N3O7S. The van der Waals surface area contributed by atoms with E-state index in [0.717, 1.165) is 39.4 Å². The lowest BCUT2D eigenvalue weighted by Crippen LogP contribution is -2.22. The molecule has 0 unspecified atom stereocenters. The number of ether oxygens (including phenoxy) is 1. The number of nitrogens with zero attached hydrogens (tertiary/aromatic N) is 2. The third-order valence-electron chi connectivity index (χ3n) is 5.23. The van der Waals surface area contributed by atoms with Crippen LogP contribution in [0.4, 0.5) is 10.6 Å². The van der Waals surface area contributed by atoms with E-state index in [9.17, 15) is 23.1 Å². The number of rotatable bonds is 8. The first-order chi connectivity index (χ1) is 15.7. The predicted octanol–water partition coefficient (Wildman–Crippen LogP) is 2.92. The van der Waals surface area contributed by atoms with Crippen LogP contribution in [0.25, 0.3) is 11.1 Å². The van der Waals surface area contributed by atoms with E-state index >= 15 is 0 Å². The average Bonchev–Trinajstić information content (AvgIpc) is 3.30. The van der Waals surface area contributed by atoms with Gasteiger partial charge in [0.1, 0.15) is 18.0 Å². The number of aromatic carboxylic acids is 1. The molecule has 2 aromatic carbocycles. The monoisotopic (exact) mass is 471 g/mol. The van der Waals surface area contributed by atoms with Crippen molar-refractivity contribution < 1.29 is 32.0 Å². The van der Waals surface area contributed by atoms with E-state index in [1.165, 1.54) is 0 Å². The standard InChI is InChI=1S/C22H21N3O7S/c1-33(29,30)32-11-10-25-20(18(12-23-25)21(26)27)24-22(28)31-13-19-16-8-4-2-6-14(16)15-7-3-5-9-17(15)19/h2-9,12,19H,10-11,13H2,1H3,(H,24,28)(H,26,27). The second-order valence-electron chi connectivity index (χ2n) is 7.41. The number of hydrogen-bond acceptors (Lipinski definition) is 7. The van der Waals surface area contributed by atoms with Crippen LogP contribution in [-0.4, -0.2) is 54.8 Å². The third kappa shape index (κ3) is 4.89. The van der Waals surface area contributed by atoms with Crippen molar-refractivity contribution in [1.82, 2.24) is 9.78 Å². The van der Waals surface area contributed by atoms with Gasteiger partial charge < -0.3 is 9.84 Å². The van der Waals surface area contributed by atoms with Crippen LogP contribution in [0.15, 0.2) is 54.7 Å². The summed E-state index contributed by atoms with van der Waals surface area (Å²) in [6, 6.07) is 15.8. The van der Waals surface area contributed by atoms with Crippen LogP contribution >= 0.6 is 0 Å². The minimum atomic E-state index is -3.68. The van der Waals surface area contributed by atoms with Crippen molar-refractivity contribution in [3.05, 3.63) is 71.4 Å². The van der Waals surface area contributed by atoms with E-state index in [1.807, 2.05) is 48.5 Å². The highest BCUT2D eigenvalue weighted by Gasteiger charge is 2.29. The van der Waals surface area contributed by atoms with Gasteiger partial charge in [-0.05, 0) is 22.3 Å². The molecule has 0 radical (unpaired) electrons. The number of carboxylic acid groups (broad SMARTS) is 1. The summed E-state index contributed by atoms with van der Waals surface area (Å²) in [5, 5.41) is 15.7. The van der Waals surface area contributed by atoms with Crippen molar-refractivity contribution in [1.29, 1.82) is 0 Å². The fourth-order valence-corrected chi connectivity index (χ4v) is 4.23. The Morgan fingerprint density at radius 2 is 1.70 bits per heavy atom. The van der Waals surface area contributed by atoms with Gasteiger partial charge in [0.05, 0.1) is 25.6 Å². The fourth-order valence-electron chi connectivity index (χ4n) is 3.85. The highest BCUT2D eigenvalue weighted by atomic mass is 32.2. The third-order valence-corrected chi connectivity index (χ3v) is 5.83. The topological polar surface area (TPSA) is 137 Å². The Morgan fingerprint density at radius 1 is 1.09 bits per heavy atom. The van der Waals surface area contributed by atoms with E-state index < -0.39 is 22.2 Å². The van der Waals surface area contributed by atoms with E-state index in [-0.39, 0.29) is 37.1 Å². The Balaban J connectivity index is 1.47. The number of carboxylic acids is 1. The van der Waals surface area contributed by atoms with Crippen LogP contribution in [0, 0.1) is 0 Å². The second kappa shape index (κ2) is 9.04. The molecule has 1 heterocycles. The van der Waals surface area contributed by atoms with Gasteiger partial charge in [0.15, 0.2) is 0 Å². The van der Waals surface area contributed by atoms with Crippen molar-refractivity contribution >= 4 is 28.0 Å². The molecule has 0 saturated heterocycles. The van der Waals surface area contributed by atoms with Crippen molar-refractivity contribution in [3.63, 3.8) is 0 Å². The molecule has 0 aliphatic heterocycles. The summed E-state index contributed by atoms with van der Waals surface area (Å²) >= 11 is 0. The van der Waals surface area contributed by atoms with Gasteiger partial charge in [0, 0.05) is 5.92 Å². The summed E-state index contributed by atoms with van der Waals surface area (Å²) < 4.78 is 33.5. The van der Waals surface area contributed by atoms with E-state index in [2.05, 4.69) is 14.6 Å². The zero-order valence-corrected chi connectivity index (χ0v) is 18.4. The first-order valence-corrected chi connectivity index (χ1v) is 11.8. The molecule has 4 rings (SSSR count). The second-order valence-corrected chi connectivity index (χ2v) is 9.06. The predicted molar refractivity (Wildman–Crippen MR) is 119 cm³/mol. The van der Waals surface area contributed by atoms with Gasteiger partial charge >= 0.3 is 12.1 Å². The first-order valence-electron chi connectivity index (χ1n) is 10.00. The van der Waals surface area contributed by atoms with Crippen molar-refractivity contribution in [2.24, 2.45) is 0 Å². The highest BCUT2D eigenvalue weighted by Crippen LogP contribution is 2.44. The maximum Gasteiger partial charge on any atom is 0.412 e. The summed E-state index contributed by atoms with van der Waals surface area (Å²) in [6.45, 7) is -0.328. The van der Waals surface area contributed by atoms with Gasteiger partial charge in [-0.1, -0.05) is 48.5 Å². The molecule has 1 amide bonds. The Hall–Kier alpha value is -3.70. The summed E-state index contributed by atoms with van der Waals surface area (Å²) in [5.74, 6) is -1.59. The Bertz CT molecular complexity index is 1270. The number of benzene rings is 2. The average molecular weight is 471 g/mol. The molecule has 0 spiro atoms. The van der Waals surface area contributed by atoms with Gasteiger partial charge in [-0.3, -0.25) is 9.50 Å². The molecule has 0 saturated carbocycles. The Morgan fingerprint density at radius 3 is 2.27 bits per heavy atom. The molecule has 3 aromatic rings. The largest absolute Gasteiger partial charge is 0.477 e. The number of hydrogen-bond donors (Lipinski definition) is 2. The molecule has 0 atom stereocenters. The van der Waals surface area contributed by atoms with Crippen molar-refractivity contribution in [2.45, 2.75) is 12.5 Å². The number of amides is 1. The Kier molecular flexibility index (Phi) is 6.16. The molecule has 0 fully saturated rings. The number of anilines is 1. The number of carbonyl (C=O) groups is 2. The van der Waals surface area contributed by atoms with Gasteiger partial charge in [-0.15, -0.1) is 0 Å². The molecule has 1 aliphatic rings. The molecule has 1 aliphatic carbocycles. The number of fused-ring (bicyclic) bond motifs is 3. The quantitative estimate of drug-likeness (QED) is 0.479. The first kappa shape index (κ1) is 22.5. The van der Waals surface area contributed by atoms with E-state index in [0.29, 0.717) is 0 Å². The number of carbonyl (C=O) groups excluding carboxylic acids is 1.